The second kappa shape index (κ2) is 4.43. The van der Waals surface area contributed by atoms with Crippen molar-refractivity contribution in [2.45, 2.75) is 6.92 Å². The van der Waals surface area contributed by atoms with E-state index in [1.807, 2.05) is 25.1 Å². The van der Waals surface area contributed by atoms with Gasteiger partial charge in [0.1, 0.15) is 0 Å². The van der Waals surface area contributed by atoms with E-state index in [4.69, 9.17) is 5.73 Å². The quantitative estimate of drug-likeness (QED) is 0.561. The molecule has 0 unspecified atom stereocenters. The van der Waals surface area contributed by atoms with Crippen LogP contribution in [0.5, 0.6) is 0 Å². The maximum absolute atomic E-state index is 5.26. The number of nitrogens with one attached hydrogen (secondary N) is 2. The molecule has 0 aliphatic rings. The number of benzene rings is 1. The molecule has 1 aromatic carbocycles. The van der Waals surface area contributed by atoms with Gasteiger partial charge in [-0.05, 0) is 52.8 Å². The Hall–Kier alpha value is -0.810. The summed E-state index contributed by atoms with van der Waals surface area (Å²) in [5.41, 5.74) is 12.9. The average molecular weight is 260 g/mol. The number of hydrogen-bond acceptors (Lipinski definition) is 2. The molecule has 0 saturated carbocycles. The summed E-state index contributed by atoms with van der Waals surface area (Å²) >= 11 is 8.06. The summed E-state index contributed by atoms with van der Waals surface area (Å²) in [5, 5.41) is 0.215. The van der Waals surface area contributed by atoms with Crippen LogP contribution in [-0.2, 0) is 0 Å². The normalized spacial score (nSPS) is 9.38. The van der Waals surface area contributed by atoms with E-state index in [0.717, 1.165) is 10.2 Å². The Bertz CT molecular complexity index is 327. The summed E-state index contributed by atoms with van der Waals surface area (Å²) in [6.07, 6.45) is 0. The lowest BCUT2D eigenvalue weighted by Crippen LogP contribution is -2.34. The van der Waals surface area contributed by atoms with Crippen LogP contribution in [0.2, 0.25) is 0 Å². The van der Waals surface area contributed by atoms with Crippen molar-refractivity contribution in [3.8, 4) is 0 Å². The van der Waals surface area contributed by atoms with Crippen molar-refractivity contribution in [1.29, 1.82) is 0 Å². The minimum atomic E-state index is 0.215. The first-order valence-corrected chi connectivity index (χ1v) is 4.87. The van der Waals surface area contributed by atoms with E-state index < -0.39 is 0 Å². The highest BCUT2D eigenvalue weighted by Crippen LogP contribution is 2.22. The number of anilines is 1. The van der Waals surface area contributed by atoms with Gasteiger partial charge in [0.05, 0.1) is 5.69 Å². The topological polar surface area (TPSA) is 50.1 Å². The summed E-state index contributed by atoms with van der Waals surface area (Å²) < 4.78 is 0.969. The third kappa shape index (κ3) is 3.20. The number of aryl methyl sites for hydroxylation is 1. The SMILES string of the molecule is Cc1ccc(NNC(N)=S)c(Br)c1. The van der Waals surface area contributed by atoms with Gasteiger partial charge in [-0.1, -0.05) is 6.07 Å². The van der Waals surface area contributed by atoms with Crippen LogP contribution in [0.15, 0.2) is 22.7 Å². The lowest BCUT2D eigenvalue weighted by molar-refractivity contribution is 1.12. The predicted molar refractivity (Wildman–Crippen MR) is 62.4 cm³/mol. The van der Waals surface area contributed by atoms with Gasteiger partial charge in [0.25, 0.3) is 0 Å². The zero-order chi connectivity index (χ0) is 9.84. The van der Waals surface area contributed by atoms with Crippen LogP contribution < -0.4 is 16.6 Å². The van der Waals surface area contributed by atoms with Crippen molar-refractivity contribution >= 4 is 38.9 Å². The van der Waals surface area contributed by atoms with Crippen molar-refractivity contribution < 1.29 is 0 Å². The summed E-state index contributed by atoms with van der Waals surface area (Å²) in [5.74, 6) is 0. The fourth-order valence-electron chi connectivity index (χ4n) is 0.850. The molecule has 1 aromatic rings. The highest BCUT2D eigenvalue weighted by atomic mass is 79.9. The molecule has 0 radical (unpaired) electrons. The highest BCUT2D eigenvalue weighted by Gasteiger charge is 1.98. The van der Waals surface area contributed by atoms with Crippen molar-refractivity contribution in [2.24, 2.45) is 5.73 Å². The molecular formula is C8H10BrN3S. The van der Waals surface area contributed by atoms with Crippen LogP contribution in [0, 0.1) is 6.92 Å². The fourth-order valence-corrected chi connectivity index (χ4v) is 1.49. The smallest absolute Gasteiger partial charge is 0.182 e. The third-order valence-corrected chi connectivity index (χ3v) is 2.20. The van der Waals surface area contributed by atoms with E-state index in [-0.39, 0.29) is 5.11 Å². The molecule has 1 rings (SSSR count). The first-order chi connectivity index (χ1) is 6.09. The molecule has 70 valence electrons. The van der Waals surface area contributed by atoms with Crippen molar-refractivity contribution in [3.05, 3.63) is 28.2 Å². The van der Waals surface area contributed by atoms with E-state index in [0.29, 0.717) is 0 Å². The second-order valence-corrected chi connectivity index (χ2v) is 3.89. The number of halogens is 1. The Morgan fingerprint density at radius 3 is 2.77 bits per heavy atom. The van der Waals surface area contributed by atoms with Crippen LogP contribution in [0.4, 0.5) is 5.69 Å². The van der Waals surface area contributed by atoms with Crippen molar-refractivity contribution in [1.82, 2.24) is 5.43 Å². The van der Waals surface area contributed by atoms with Gasteiger partial charge in [0.15, 0.2) is 5.11 Å². The fraction of sp³-hybridized carbons (Fsp3) is 0.125. The van der Waals surface area contributed by atoms with Crippen molar-refractivity contribution in [3.63, 3.8) is 0 Å². The minimum Gasteiger partial charge on any atom is -0.375 e. The predicted octanol–water partition coefficient (Wildman–Crippen LogP) is 1.92. The third-order valence-electron chi connectivity index (χ3n) is 1.44. The zero-order valence-electron chi connectivity index (χ0n) is 7.10. The summed E-state index contributed by atoms with van der Waals surface area (Å²) in [6, 6.07) is 5.93. The maximum Gasteiger partial charge on any atom is 0.182 e. The average Bonchev–Trinajstić information content (AvgIpc) is 2.02. The molecule has 0 fully saturated rings. The van der Waals surface area contributed by atoms with Crippen molar-refractivity contribution in [2.75, 3.05) is 5.43 Å². The number of hydrogen-bond donors (Lipinski definition) is 3. The lowest BCUT2D eigenvalue weighted by atomic mass is 10.2. The molecule has 4 N–H and O–H groups in total. The Morgan fingerprint density at radius 2 is 2.23 bits per heavy atom. The molecule has 0 spiro atoms. The molecule has 13 heavy (non-hydrogen) atoms. The lowest BCUT2D eigenvalue weighted by Gasteiger charge is -2.09. The summed E-state index contributed by atoms with van der Waals surface area (Å²) in [6.45, 7) is 2.02. The zero-order valence-corrected chi connectivity index (χ0v) is 9.50. The Kier molecular flexibility index (Phi) is 3.50. The Labute approximate surface area is 90.8 Å². The van der Waals surface area contributed by atoms with Crippen LogP contribution >= 0.6 is 28.1 Å². The highest BCUT2D eigenvalue weighted by molar-refractivity contribution is 9.10. The second-order valence-electron chi connectivity index (χ2n) is 2.60. The van der Waals surface area contributed by atoms with Gasteiger partial charge in [-0.25, -0.2) is 0 Å². The van der Waals surface area contributed by atoms with E-state index >= 15 is 0 Å². The van der Waals surface area contributed by atoms with Gasteiger partial charge >= 0.3 is 0 Å². The maximum atomic E-state index is 5.26. The van der Waals surface area contributed by atoms with Gasteiger partial charge in [-0.3, -0.25) is 10.9 Å². The van der Waals surface area contributed by atoms with Crippen LogP contribution in [0.1, 0.15) is 5.56 Å². The van der Waals surface area contributed by atoms with Gasteiger partial charge in [-0.2, -0.15) is 0 Å². The monoisotopic (exact) mass is 259 g/mol. The molecule has 0 aliphatic carbocycles. The van der Waals surface area contributed by atoms with Gasteiger partial charge in [0.2, 0.25) is 0 Å². The van der Waals surface area contributed by atoms with Crippen LogP contribution in [0.25, 0.3) is 0 Å². The molecule has 3 nitrogen and oxygen atoms in total. The number of thiocarbonyl (C=S) groups is 1. The first-order valence-electron chi connectivity index (χ1n) is 3.67. The van der Waals surface area contributed by atoms with E-state index in [1.165, 1.54) is 5.56 Å². The molecule has 0 saturated heterocycles. The molecule has 0 bridgehead atoms. The summed E-state index contributed by atoms with van der Waals surface area (Å²) in [4.78, 5) is 0. The molecule has 0 aromatic heterocycles. The molecule has 0 amide bonds. The molecule has 0 heterocycles. The van der Waals surface area contributed by atoms with E-state index in [2.05, 4.69) is 39.0 Å². The summed E-state index contributed by atoms with van der Waals surface area (Å²) in [7, 11) is 0. The van der Waals surface area contributed by atoms with E-state index in [1.54, 1.807) is 0 Å². The standard InChI is InChI=1S/C8H10BrN3S/c1-5-2-3-7(6(9)4-5)11-12-8(10)13/h2-4,11H,1H3,(H3,10,12,13). The van der Waals surface area contributed by atoms with Crippen LogP contribution in [-0.4, -0.2) is 5.11 Å². The van der Waals surface area contributed by atoms with Crippen LogP contribution in [0.3, 0.4) is 0 Å². The minimum absolute atomic E-state index is 0.215. The largest absolute Gasteiger partial charge is 0.375 e. The molecular weight excluding hydrogens is 250 g/mol. The van der Waals surface area contributed by atoms with Gasteiger partial charge in [-0.15, -0.1) is 0 Å². The molecule has 0 aliphatic heterocycles. The number of nitrogens with two attached hydrogens (primary N) is 1. The van der Waals surface area contributed by atoms with E-state index in [9.17, 15) is 0 Å². The first kappa shape index (κ1) is 10.3. The number of rotatable bonds is 2. The molecule has 0 atom stereocenters. The van der Waals surface area contributed by atoms with Gasteiger partial charge < -0.3 is 5.73 Å². The Morgan fingerprint density at radius 1 is 1.54 bits per heavy atom. The number of hydrazine groups is 1. The van der Waals surface area contributed by atoms with Gasteiger partial charge in [0, 0.05) is 4.47 Å². The Balaban J connectivity index is 2.72. The molecule has 5 heteroatoms.